The van der Waals surface area contributed by atoms with Crippen molar-refractivity contribution in [1.82, 2.24) is 5.32 Å². The number of hydrogen-bond donors (Lipinski definition) is 2. The number of nitrogens with two attached hydrogens (primary N) is 1. The van der Waals surface area contributed by atoms with Gasteiger partial charge in [0.25, 0.3) is 0 Å². The molecule has 0 aromatic carbocycles. The maximum atomic E-state index is 5.80. The van der Waals surface area contributed by atoms with Crippen LogP contribution in [0.5, 0.6) is 0 Å². The molecule has 0 saturated carbocycles. The van der Waals surface area contributed by atoms with Crippen LogP contribution in [0.3, 0.4) is 0 Å². The molecule has 0 spiro atoms. The lowest BCUT2D eigenvalue weighted by atomic mass is 9.88. The molecule has 3 N–H and O–H groups in total. The number of rotatable bonds is 6. The van der Waals surface area contributed by atoms with Gasteiger partial charge in [-0.05, 0) is 44.1 Å². The first-order valence-corrected chi connectivity index (χ1v) is 6.62. The van der Waals surface area contributed by atoms with Gasteiger partial charge >= 0.3 is 0 Å². The molecule has 2 nitrogen and oxygen atoms in total. The Labute approximate surface area is 101 Å². The molecule has 0 bridgehead atoms. The first kappa shape index (κ1) is 13.7. The van der Waals surface area contributed by atoms with Crippen LogP contribution in [-0.2, 0) is 0 Å². The second-order valence-electron chi connectivity index (χ2n) is 6.16. The van der Waals surface area contributed by atoms with Gasteiger partial charge in [0.05, 0.1) is 0 Å². The van der Waals surface area contributed by atoms with E-state index in [0.29, 0.717) is 11.5 Å². The highest BCUT2D eigenvalue weighted by molar-refractivity contribution is 5.07. The van der Waals surface area contributed by atoms with Gasteiger partial charge in [-0.2, -0.15) is 0 Å². The summed E-state index contributed by atoms with van der Waals surface area (Å²) < 4.78 is 0. The van der Waals surface area contributed by atoms with E-state index in [-0.39, 0.29) is 0 Å². The minimum atomic E-state index is 0.365. The molecule has 16 heavy (non-hydrogen) atoms. The zero-order valence-corrected chi connectivity index (χ0v) is 11.2. The third-order valence-electron chi connectivity index (χ3n) is 3.16. The van der Waals surface area contributed by atoms with Gasteiger partial charge in [0.15, 0.2) is 0 Å². The number of nitrogens with one attached hydrogen (secondary N) is 1. The molecule has 0 fully saturated rings. The van der Waals surface area contributed by atoms with E-state index in [1.165, 1.54) is 25.7 Å². The molecule has 1 aliphatic carbocycles. The smallest absolute Gasteiger partial charge is 0.0195 e. The molecule has 0 aromatic heterocycles. The molecule has 0 amide bonds. The Kier molecular flexibility index (Phi) is 5.50. The van der Waals surface area contributed by atoms with Gasteiger partial charge in [-0.1, -0.05) is 32.4 Å². The average Bonchev–Trinajstić information content (AvgIpc) is 2.67. The van der Waals surface area contributed by atoms with Crippen molar-refractivity contribution in [3.63, 3.8) is 0 Å². The molecule has 0 saturated heterocycles. The maximum absolute atomic E-state index is 5.80. The van der Waals surface area contributed by atoms with Crippen molar-refractivity contribution in [2.45, 2.75) is 58.9 Å². The van der Waals surface area contributed by atoms with Gasteiger partial charge < -0.3 is 11.1 Å². The third-order valence-corrected chi connectivity index (χ3v) is 3.16. The summed E-state index contributed by atoms with van der Waals surface area (Å²) in [7, 11) is 0. The van der Waals surface area contributed by atoms with Crippen LogP contribution in [0.2, 0.25) is 0 Å². The molecule has 1 aliphatic rings. The van der Waals surface area contributed by atoms with Crippen LogP contribution in [-0.4, -0.2) is 19.1 Å². The maximum Gasteiger partial charge on any atom is 0.0195 e. The highest BCUT2D eigenvalue weighted by Crippen LogP contribution is 2.22. The Balaban J connectivity index is 2.18. The van der Waals surface area contributed by atoms with Gasteiger partial charge in [-0.3, -0.25) is 0 Å². The molecule has 1 unspecified atom stereocenters. The summed E-state index contributed by atoms with van der Waals surface area (Å²) in [6.07, 6.45) is 8.73. The normalized spacial score (nSPS) is 18.6. The lowest BCUT2D eigenvalue weighted by Gasteiger charge is -2.26. The standard InChI is InChI=1S/C14H28N2/c1-14(2,3)10-13(11-15)16-9-8-12-6-4-5-7-12/h6,13,16H,4-5,7-11,15H2,1-3H3. The van der Waals surface area contributed by atoms with Crippen molar-refractivity contribution < 1.29 is 0 Å². The summed E-state index contributed by atoms with van der Waals surface area (Å²) in [6.45, 7) is 8.66. The van der Waals surface area contributed by atoms with Crippen LogP contribution in [0.4, 0.5) is 0 Å². The lowest BCUT2D eigenvalue weighted by molar-refractivity contribution is 0.312. The van der Waals surface area contributed by atoms with Crippen molar-refractivity contribution in [2.75, 3.05) is 13.1 Å². The Morgan fingerprint density at radius 3 is 2.69 bits per heavy atom. The van der Waals surface area contributed by atoms with Crippen LogP contribution in [0, 0.1) is 5.41 Å². The van der Waals surface area contributed by atoms with Crippen molar-refractivity contribution >= 4 is 0 Å². The van der Waals surface area contributed by atoms with E-state index >= 15 is 0 Å². The van der Waals surface area contributed by atoms with E-state index in [9.17, 15) is 0 Å². The van der Waals surface area contributed by atoms with Crippen LogP contribution < -0.4 is 11.1 Å². The van der Waals surface area contributed by atoms with Crippen LogP contribution in [0.1, 0.15) is 52.9 Å². The molecule has 0 aromatic rings. The molecule has 1 atom stereocenters. The predicted molar refractivity (Wildman–Crippen MR) is 71.5 cm³/mol. The predicted octanol–water partition coefficient (Wildman–Crippen LogP) is 2.84. The summed E-state index contributed by atoms with van der Waals surface area (Å²) in [4.78, 5) is 0. The van der Waals surface area contributed by atoms with E-state index in [1.54, 1.807) is 5.57 Å². The fourth-order valence-corrected chi connectivity index (χ4v) is 2.38. The van der Waals surface area contributed by atoms with Crippen molar-refractivity contribution in [2.24, 2.45) is 11.1 Å². The quantitative estimate of drug-likeness (QED) is 0.681. The fraction of sp³-hybridized carbons (Fsp3) is 0.857. The molecule has 2 heteroatoms. The van der Waals surface area contributed by atoms with E-state index in [4.69, 9.17) is 5.73 Å². The Morgan fingerprint density at radius 2 is 2.19 bits per heavy atom. The van der Waals surface area contributed by atoms with E-state index in [1.807, 2.05) is 0 Å². The minimum absolute atomic E-state index is 0.365. The zero-order chi connectivity index (χ0) is 12.0. The van der Waals surface area contributed by atoms with Crippen molar-refractivity contribution in [1.29, 1.82) is 0 Å². The van der Waals surface area contributed by atoms with Crippen molar-refractivity contribution in [3.05, 3.63) is 11.6 Å². The zero-order valence-electron chi connectivity index (χ0n) is 11.2. The number of allylic oxidation sites excluding steroid dienone is 1. The first-order chi connectivity index (χ1) is 7.51. The first-order valence-electron chi connectivity index (χ1n) is 6.62. The molecule has 94 valence electrons. The monoisotopic (exact) mass is 224 g/mol. The molecule has 1 rings (SSSR count). The van der Waals surface area contributed by atoms with Crippen LogP contribution in [0.25, 0.3) is 0 Å². The minimum Gasteiger partial charge on any atom is -0.329 e. The lowest BCUT2D eigenvalue weighted by Crippen LogP contribution is -2.39. The molecule has 0 heterocycles. The molecular weight excluding hydrogens is 196 g/mol. The fourth-order valence-electron chi connectivity index (χ4n) is 2.38. The van der Waals surface area contributed by atoms with Crippen LogP contribution >= 0.6 is 0 Å². The highest BCUT2D eigenvalue weighted by Gasteiger charge is 2.17. The highest BCUT2D eigenvalue weighted by atomic mass is 14.9. The van der Waals surface area contributed by atoms with E-state index < -0.39 is 0 Å². The summed E-state index contributed by atoms with van der Waals surface area (Å²) in [5.74, 6) is 0. The summed E-state index contributed by atoms with van der Waals surface area (Å²) in [5, 5.41) is 3.59. The number of hydrogen-bond acceptors (Lipinski definition) is 2. The van der Waals surface area contributed by atoms with Gasteiger partial charge in [-0.15, -0.1) is 0 Å². The van der Waals surface area contributed by atoms with Gasteiger partial charge in [-0.25, -0.2) is 0 Å². The Bertz CT molecular complexity index is 225. The average molecular weight is 224 g/mol. The molecule has 0 aliphatic heterocycles. The Morgan fingerprint density at radius 1 is 1.44 bits per heavy atom. The van der Waals surface area contributed by atoms with Gasteiger partial charge in [0, 0.05) is 12.6 Å². The SMILES string of the molecule is CC(C)(C)CC(CN)NCCC1=CCCC1. The largest absolute Gasteiger partial charge is 0.329 e. The summed E-state index contributed by atoms with van der Waals surface area (Å²) in [5.41, 5.74) is 7.80. The molecular formula is C14H28N2. The summed E-state index contributed by atoms with van der Waals surface area (Å²) >= 11 is 0. The second-order valence-corrected chi connectivity index (χ2v) is 6.16. The van der Waals surface area contributed by atoms with E-state index in [2.05, 4.69) is 32.2 Å². The Hall–Kier alpha value is -0.340. The summed E-state index contributed by atoms with van der Waals surface area (Å²) in [6, 6.07) is 0.474. The van der Waals surface area contributed by atoms with Crippen LogP contribution in [0.15, 0.2) is 11.6 Å². The molecule has 0 radical (unpaired) electrons. The second kappa shape index (κ2) is 6.41. The van der Waals surface area contributed by atoms with Crippen molar-refractivity contribution in [3.8, 4) is 0 Å². The topological polar surface area (TPSA) is 38.0 Å². The van der Waals surface area contributed by atoms with Gasteiger partial charge in [0.2, 0.25) is 0 Å². The third kappa shape index (κ3) is 5.66. The van der Waals surface area contributed by atoms with Gasteiger partial charge in [0.1, 0.15) is 0 Å². The van der Waals surface area contributed by atoms with E-state index in [0.717, 1.165) is 19.5 Å².